The molecule has 31 heavy (non-hydrogen) atoms. The number of hydrogen-bond donors (Lipinski definition) is 2. The molecule has 5 nitrogen and oxygen atoms in total. The van der Waals surface area contributed by atoms with E-state index >= 15 is 0 Å². The second-order valence-electron chi connectivity index (χ2n) is 7.99. The van der Waals surface area contributed by atoms with E-state index in [-0.39, 0.29) is 17.4 Å². The number of amides is 1. The molecule has 0 aliphatic carbocycles. The van der Waals surface area contributed by atoms with E-state index in [1.165, 1.54) is 0 Å². The Morgan fingerprint density at radius 3 is 2.35 bits per heavy atom. The minimum absolute atomic E-state index is 0.177. The molecule has 0 spiro atoms. The topological polar surface area (TPSA) is 76.6 Å². The number of rotatable bonds is 4. The number of aryl methyl sites for hydroxylation is 4. The maximum absolute atomic E-state index is 13.4. The quantitative estimate of drug-likeness (QED) is 0.451. The van der Waals surface area contributed by atoms with Crippen LogP contribution in [0.2, 0.25) is 0 Å². The third kappa shape index (κ3) is 3.59. The van der Waals surface area contributed by atoms with E-state index in [9.17, 15) is 9.59 Å². The molecule has 0 radical (unpaired) electrons. The number of benzene rings is 2. The molecule has 1 amide bonds. The molecular weight excluding hydrogens is 386 g/mol. The SMILES string of the molecule is Cc1ccc(NC(=O)c2c(N)c(C(=O)c3ccc(C)c(C)c3)n3ccccc23)c(C)c1. The Kier molecular flexibility index (Phi) is 5.11. The van der Waals surface area contributed by atoms with Gasteiger partial charge in [-0.25, -0.2) is 0 Å². The summed E-state index contributed by atoms with van der Waals surface area (Å²) in [5, 5.41) is 2.95. The van der Waals surface area contributed by atoms with Crippen LogP contribution < -0.4 is 11.1 Å². The standard InChI is InChI=1S/C26H25N3O2/c1-15-8-11-20(18(4)13-15)28-26(31)22-21-7-5-6-12-29(21)24(23(22)27)25(30)19-10-9-16(2)17(3)14-19/h5-14H,27H2,1-4H3,(H,28,31). The summed E-state index contributed by atoms with van der Waals surface area (Å²) in [7, 11) is 0. The van der Waals surface area contributed by atoms with Crippen molar-refractivity contribution < 1.29 is 9.59 Å². The highest BCUT2D eigenvalue weighted by molar-refractivity contribution is 6.20. The van der Waals surface area contributed by atoms with E-state index in [2.05, 4.69) is 5.32 Å². The lowest BCUT2D eigenvalue weighted by atomic mass is 10.0. The molecule has 0 aliphatic rings. The molecule has 3 N–H and O–H groups in total. The number of nitrogens with zero attached hydrogens (tertiary/aromatic N) is 1. The average Bonchev–Trinajstić information content (AvgIpc) is 3.03. The number of pyridine rings is 1. The molecule has 0 saturated carbocycles. The molecule has 4 rings (SSSR count). The van der Waals surface area contributed by atoms with Crippen LogP contribution in [0.5, 0.6) is 0 Å². The van der Waals surface area contributed by atoms with Gasteiger partial charge in [0.1, 0.15) is 5.69 Å². The molecule has 0 atom stereocenters. The molecule has 0 saturated heterocycles. The van der Waals surface area contributed by atoms with Crippen molar-refractivity contribution in [3.8, 4) is 0 Å². The van der Waals surface area contributed by atoms with Crippen molar-refractivity contribution >= 4 is 28.6 Å². The van der Waals surface area contributed by atoms with Crippen molar-refractivity contribution in [1.29, 1.82) is 0 Å². The highest BCUT2D eigenvalue weighted by atomic mass is 16.2. The highest BCUT2D eigenvalue weighted by Gasteiger charge is 2.26. The van der Waals surface area contributed by atoms with Gasteiger partial charge < -0.3 is 15.5 Å². The van der Waals surface area contributed by atoms with Crippen LogP contribution in [0.4, 0.5) is 11.4 Å². The third-order valence-corrected chi connectivity index (χ3v) is 5.72. The fraction of sp³-hybridized carbons (Fsp3) is 0.154. The maximum Gasteiger partial charge on any atom is 0.259 e. The Balaban J connectivity index is 1.82. The summed E-state index contributed by atoms with van der Waals surface area (Å²) in [5.74, 6) is -0.556. The van der Waals surface area contributed by atoms with Crippen LogP contribution in [0, 0.1) is 27.7 Å². The van der Waals surface area contributed by atoms with E-state index in [0.29, 0.717) is 28.0 Å². The number of nitrogens with two attached hydrogens (primary N) is 1. The lowest BCUT2D eigenvalue weighted by Crippen LogP contribution is -2.15. The van der Waals surface area contributed by atoms with E-state index in [1.807, 2.05) is 70.2 Å². The van der Waals surface area contributed by atoms with E-state index in [0.717, 1.165) is 22.3 Å². The Morgan fingerprint density at radius 1 is 0.871 bits per heavy atom. The van der Waals surface area contributed by atoms with Crippen molar-refractivity contribution in [3.63, 3.8) is 0 Å². The van der Waals surface area contributed by atoms with Gasteiger partial charge in [-0.05, 0) is 68.7 Å². The summed E-state index contributed by atoms with van der Waals surface area (Å²) in [6.07, 6.45) is 1.76. The van der Waals surface area contributed by atoms with Crippen molar-refractivity contribution in [2.24, 2.45) is 0 Å². The van der Waals surface area contributed by atoms with Crippen LogP contribution >= 0.6 is 0 Å². The molecule has 2 aromatic carbocycles. The first-order valence-electron chi connectivity index (χ1n) is 10.2. The Bertz CT molecular complexity index is 1350. The number of carbonyl (C=O) groups excluding carboxylic acids is 2. The lowest BCUT2D eigenvalue weighted by molar-refractivity contribution is 0.102. The lowest BCUT2D eigenvalue weighted by Gasteiger charge is -2.09. The summed E-state index contributed by atoms with van der Waals surface area (Å²) in [4.78, 5) is 26.6. The zero-order chi connectivity index (χ0) is 22.3. The zero-order valence-electron chi connectivity index (χ0n) is 18.1. The molecule has 156 valence electrons. The van der Waals surface area contributed by atoms with Crippen molar-refractivity contribution in [2.45, 2.75) is 27.7 Å². The van der Waals surface area contributed by atoms with Crippen molar-refractivity contribution in [3.05, 3.63) is 99.9 Å². The Morgan fingerprint density at radius 2 is 1.65 bits per heavy atom. The first kappa shape index (κ1) is 20.4. The molecule has 4 aromatic rings. The second kappa shape index (κ2) is 7.76. The fourth-order valence-electron chi connectivity index (χ4n) is 3.86. The van der Waals surface area contributed by atoms with Crippen LogP contribution in [-0.4, -0.2) is 16.1 Å². The molecular formula is C26H25N3O2. The molecule has 0 bridgehead atoms. The molecule has 5 heteroatoms. The predicted molar refractivity (Wildman–Crippen MR) is 125 cm³/mol. The molecule has 0 fully saturated rings. The highest BCUT2D eigenvalue weighted by Crippen LogP contribution is 2.30. The van der Waals surface area contributed by atoms with Gasteiger partial charge >= 0.3 is 0 Å². The van der Waals surface area contributed by atoms with Gasteiger partial charge in [0, 0.05) is 17.4 Å². The summed E-state index contributed by atoms with van der Waals surface area (Å²) in [6.45, 7) is 7.91. The number of nitrogen functional groups attached to an aromatic ring is 1. The van der Waals surface area contributed by atoms with Crippen LogP contribution in [0.15, 0.2) is 60.8 Å². The minimum Gasteiger partial charge on any atom is -0.396 e. The van der Waals surface area contributed by atoms with Gasteiger partial charge in [-0.15, -0.1) is 0 Å². The van der Waals surface area contributed by atoms with Crippen molar-refractivity contribution in [2.75, 3.05) is 11.1 Å². The summed E-state index contributed by atoms with van der Waals surface area (Å²) < 4.78 is 1.70. The van der Waals surface area contributed by atoms with Crippen LogP contribution in [0.25, 0.3) is 5.52 Å². The predicted octanol–water partition coefficient (Wildman–Crippen LogP) is 5.24. The molecule has 2 heterocycles. The number of aromatic nitrogens is 1. The van der Waals surface area contributed by atoms with Gasteiger partial charge in [0.25, 0.3) is 5.91 Å². The first-order valence-corrected chi connectivity index (χ1v) is 10.2. The zero-order valence-corrected chi connectivity index (χ0v) is 18.1. The van der Waals surface area contributed by atoms with Crippen LogP contribution in [-0.2, 0) is 0 Å². The van der Waals surface area contributed by atoms with Crippen molar-refractivity contribution in [1.82, 2.24) is 4.40 Å². The van der Waals surface area contributed by atoms with Gasteiger partial charge in [0.05, 0.1) is 16.8 Å². The molecule has 0 unspecified atom stereocenters. The first-order chi connectivity index (χ1) is 14.8. The second-order valence-corrected chi connectivity index (χ2v) is 7.99. The normalized spacial score (nSPS) is 11.0. The number of carbonyl (C=O) groups is 2. The number of fused-ring (bicyclic) bond motifs is 1. The summed E-state index contributed by atoms with van der Waals surface area (Å²) in [6, 6.07) is 16.8. The Labute approximate surface area is 181 Å². The number of anilines is 2. The van der Waals surface area contributed by atoms with Gasteiger partial charge in [0.15, 0.2) is 0 Å². The third-order valence-electron chi connectivity index (χ3n) is 5.72. The van der Waals surface area contributed by atoms with E-state index in [4.69, 9.17) is 5.73 Å². The monoisotopic (exact) mass is 411 g/mol. The fourth-order valence-corrected chi connectivity index (χ4v) is 3.86. The largest absolute Gasteiger partial charge is 0.396 e. The molecule has 0 aliphatic heterocycles. The van der Waals surface area contributed by atoms with Gasteiger partial charge in [-0.3, -0.25) is 9.59 Å². The maximum atomic E-state index is 13.4. The van der Waals surface area contributed by atoms with Crippen LogP contribution in [0.1, 0.15) is 48.7 Å². The molecule has 2 aromatic heterocycles. The average molecular weight is 412 g/mol. The van der Waals surface area contributed by atoms with Crippen LogP contribution in [0.3, 0.4) is 0 Å². The minimum atomic E-state index is -0.340. The van der Waals surface area contributed by atoms with E-state index in [1.54, 1.807) is 22.7 Å². The summed E-state index contributed by atoms with van der Waals surface area (Å²) >= 11 is 0. The van der Waals surface area contributed by atoms with Gasteiger partial charge in [0.2, 0.25) is 5.78 Å². The number of ketones is 1. The van der Waals surface area contributed by atoms with Gasteiger partial charge in [-0.1, -0.05) is 35.9 Å². The smallest absolute Gasteiger partial charge is 0.259 e. The number of hydrogen-bond acceptors (Lipinski definition) is 3. The number of nitrogens with one attached hydrogen (secondary N) is 1. The Hall–Kier alpha value is -3.86. The summed E-state index contributed by atoms with van der Waals surface area (Å²) in [5.41, 5.74) is 13.3. The van der Waals surface area contributed by atoms with Gasteiger partial charge in [-0.2, -0.15) is 0 Å². The van der Waals surface area contributed by atoms with E-state index < -0.39 is 0 Å².